The van der Waals surface area contributed by atoms with Crippen molar-refractivity contribution in [3.05, 3.63) is 6.33 Å². The van der Waals surface area contributed by atoms with E-state index < -0.39 is 0 Å². The van der Waals surface area contributed by atoms with E-state index in [9.17, 15) is 4.79 Å². The van der Waals surface area contributed by atoms with Crippen LogP contribution in [-0.4, -0.2) is 35.6 Å². The molecule has 0 aliphatic carbocycles. The molecule has 1 heterocycles. The number of carbonyl (C=O) groups excluding carboxylic acids is 1. The number of methoxy groups -OCH3 is 1. The maximum Gasteiger partial charge on any atom is 0.239 e. The Morgan fingerprint density at radius 3 is 2.67 bits per heavy atom. The molecular weight excluding hydrogens is 236 g/mol. The largest absolute Gasteiger partial charge is 0.490 e. The van der Waals surface area contributed by atoms with E-state index in [1.54, 1.807) is 0 Å². The summed E-state index contributed by atoms with van der Waals surface area (Å²) in [6.07, 6.45) is 1.32. The lowest BCUT2D eigenvalue weighted by Crippen LogP contribution is -2.35. The van der Waals surface area contributed by atoms with Gasteiger partial charge in [-0.05, 0) is 13.8 Å². The lowest BCUT2D eigenvalue weighted by Gasteiger charge is -2.13. The van der Waals surface area contributed by atoms with Gasteiger partial charge in [0, 0.05) is 6.04 Å². The van der Waals surface area contributed by atoms with Crippen molar-refractivity contribution in [2.24, 2.45) is 5.84 Å². The third-order valence-electron chi connectivity index (χ3n) is 2.01. The summed E-state index contributed by atoms with van der Waals surface area (Å²) in [6, 6.07) is 0.0906. The van der Waals surface area contributed by atoms with E-state index in [2.05, 4.69) is 26.0 Å². The molecule has 0 saturated heterocycles. The minimum absolute atomic E-state index is 0.0906. The first-order valence-electron chi connectivity index (χ1n) is 5.47. The van der Waals surface area contributed by atoms with E-state index in [4.69, 9.17) is 10.6 Å². The molecule has 100 valence electrons. The number of nitrogens with zero attached hydrogens (tertiary/aromatic N) is 2. The lowest BCUT2D eigenvalue weighted by atomic mass is 10.4. The number of carbonyl (C=O) groups is 1. The van der Waals surface area contributed by atoms with Gasteiger partial charge < -0.3 is 20.8 Å². The van der Waals surface area contributed by atoms with Gasteiger partial charge in [-0.3, -0.25) is 4.79 Å². The van der Waals surface area contributed by atoms with Crippen LogP contribution in [0.5, 0.6) is 5.75 Å². The van der Waals surface area contributed by atoms with Crippen molar-refractivity contribution in [2.45, 2.75) is 19.9 Å². The first-order chi connectivity index (χ1) is 8.58. The van der Waals surface area contributed by atoms with Crippen molar-refractivity contribution < 1.29 is 9.53 Å². The first kappa shape index (κ1) is 14.0. The van der Waals surface area contributed by atoms with Gasteiger partial charge in [-0.25, -0.2) is 15.8 Å². The lowest BCUT2D eigenvalue weighted by molar-refractivity contribution is -0.119. The van der Waals surface area contributed by atoms with Gasteiger partial charge in [-0.2, -0.15) is 0 Å². The average molecular weight is 254 g/mol. The zero-order valence-corrected chi connectivity index (χ0v) is 10.7. The van der Waals surface area contributed by atoms with Crippen LogP contribution < -0.4 is 26.6 Å². The molecule has 8 heteroatoms. The Morgan fingerprint density at radius 1 is 1.44 bits per heavy atom. The molecule has 0 aromatic carbocycles. The predicted molar refractivity (Wildman–Crippen MR) is 68.2 cm³/mol. The van der Waals surface area contributed by atoms with Gasteiger partial charge in [-0.15, -0.1) is 0 Å². The van der Waals surface area contributed by atoms with Gasteiger partial charge >= 0.3 is 0 Å². The molecule has 1 amide bonds. The van der Waals surface area contributed by atoms with Crippen LogP contribution in [0, 0.1) is 0 Å². The van der Waals surface area contributed by atoms with Gasteiger partial charge in [0.25, 0.3) is 0 Å². The molecule has 8 nitrogen and oxygen atoms in total. The number of hydrogen-bond donors (Lipinski definition) is 4. The fourth-order valence-corrected chi connectivity index (χ4v) is 1.33. The number of rotatable bonds is 6. The van der Waals surface area contributed by atoms with Gasteiger partial charge in [0.1, 0.15) is 6.33 Å². The molecule has 0 aliphatic rings. The second-order valence-corrected chi connectivity index (χ2v) is 3.82. The summed E-state index contributed by atoms with van der Waals surface area (Å²) in [5.41, 5.74) is 2.39. The smallest absolute Gasteiger partial charge is 0.239 e. The summed E-state index contributed by atoms with van der Waals surface area (Å²) >= 11 is 0. The quantitative estimate of drug-likeness (QED) is 0.407. The van der Waals surface area contributed by atoms with Crippen molar-refractivity contribution in [3.8, 4) is 5.75 Å². The minimum atomic E-state index is -0.132. The molecule has 1 rings (SSSR count). The highest BCUT2D eigenvalue weighted by Crippen LogP contribution is 2.27. The van der Waals surface area contributed by atoms with E-state index in [0.29, 0.717) is 17.4 Å². The number of hydrogen-bond acceptors (Lipinski definition) is 7. The number of anilines is 2. The molecule has 0 unspecified atom stereocenters. The Morgan fingerprint density at radius 2 is 2.11 bits per heavy atom. The summed E-state index contributed by atoms with van der Waals surface area (Å²) in [5, 5.41) is 5.61. The number of nitrogen functional groups attached to an aromatic ring is 1. The Bertz CT molecular complexity index is 409. The summed E-state index contributed by atoms with van der Waals surface area (Å²) in [6.45, 7) is 3.87. The predicted octanol–water partition coefficient (Wildman–Crippen LogP) is -0.293. The van der Waals surface area contributed by atoms with E-state index in [1.165, 1.54) is 13.4 Å². The van der Waals surface area contributed by atoms with Crippen LogP contribution in [0.1, 0.15) is 13.8 Å². The average Bonchev–Trinajstić information content (AvgIpc) is 2.34. The number of ether oxygens (including phenoxy) is 1. The zero-order valence-electron chi connectivity index (χ0n) is 10.7. The summed E-state index contributed by atoms with van der Waals surface area (Å²) in [5.74, 6) is 6.27. The van der Waals surface area contributed by atoms with Crippen LogP contribution in [0.25, 0.3) is 0 Å². The zero-order chi connectivity index (χ0) is 13.5. The van der Waals surface area contributed by atoms with Crippen LogP contribution >= 0.6 is 0 Å². The van der Waals surface area contributed by atoms with E-state index in [-0.39, 0.29) is 18.5 Å². The monoisotopic (exact) mass is 254 g/mol. The summed E-state index contributed by atoms with van der Waals surface area (Å²) in [7, 11) is 1.47. The normalized spacial score (nSPS) is 10.1. The molecule has 1 aromatic rings. The molecule has 1 aromatic heterocycles. The first-order valence-corrected chi connectivity index (χ1v) is 5.47. The van der Waals surface area contributed by atoms with E-state index in [1.807, 2.05) is 13.8 Å². The van der Waals surface area contributed by atoms with Crippen LogP contribution in [0.3, 0.4) is 0 Å². The molecule has 0 fully saturated rings. The minimum Gasteiger partial charge on any atom is -0.490 e. The molecule has 0 bridgehead atoms. The Balaban J connectivity index is 2.70. The third kappa shape index (κ3) is 3.74. The third-order valence-corrected chi connectivity index (χ3v) is 2.01. The second kappa shape index (κ2) is 6.60. The molecule has 0 atom stereocenters. The Kier molecular flexibility index (Phi) is 5.12. The Hall–Kier alpha value is -2.09. The standard InChI is InChI=1S/C10H18N6O2/c1-6(2)15-7(17)4-12-9-8(18-3)10(16-11)14-5-13-9/h5-6H,4,11H2,1-3H3,(H,15,17)(H2,12,13,14,16). The highest BCUT2D eigenvalue weighted by Gasteiger charge is 2.12. The van der Waals surface area contributed by atoms with Crippen molar-refractivity contribution in [2.75, 3.05) is 24.4 Å². The van der Waals surface area contributed by atoms with Gasteiger partial charge in [0.15, 0.2) is 11.6 Å². The van der Waals surface area contributed by atoms with Crippen LogP contribution in [0.2, 0.25) is 0 Å². The SMILES string of the molecule is COc1c(NN)ncnc1NCC(=O)NC(C)C. The maximum absolute atomic E-state index is 11.5. The Labute approximate surface area is 105 Å². The summed E-state index contributed by atoms with van der Waals surface area (Å²) < 4.78 is 5.12. The van der Waals surface area contributed by atoms with Gasteiger partial charge in [0.2, 0.25) is 11.7 Å². The van der Waals surface area contributed by atoms with Crippen molar-refractivity contribution in [1.29, 1.82) is 0 Å². The fourth-order valence-electron chi connectivity index (χ4n) is 1.33. The number of nitrogens with one attached hydrogen (secondary N) is 3. The number of amides is 1. The number of aromatic nitrogens is 2. The molecule has 18 heavy (non-hydrogen) atoms. The second-order valence-electron chi connectivity index (χ2n) is 3.82. The molecule has 0 spiro atoms. The maximum atomic E-state index is 11.5. The van der Waals surface area contributed by atoms with E-state index in [0.717, 1.165) is 0 Å². The van der Waals surface area contributed by atoms with Gasteiger partial charge in [-0.1, -0.05) is 0 Å². The molecule has 0 saturated carbocycles. The van der Waals surface area contributed by atoms with Crippen molar-refractivity contribution in [3.63, 3.8) is 0 Å². The summed E-state index contributed by atoms with van der Waals surface area (Å²) in [4.78, 5) is 19.4. The fraction of sp³-hybridized carbons (Fsp3) is 0.500. The highest BCUT2D eigenvalue weighted by molar-refractivity contribution is 5.81. The molecular formula is C10H18N6O2. The van der Waals surface area contributed by atoms with E-state index >= 15 is 0 Å². The molecule has 0 radical (unpaired) electrons. The van der Waals surface area contributed by atoms with Crippen LogP contribution in [0.15, 0.2) is 6.33 Å². The van der Waals surface area contributed by atoms with Gasteiger partial charge in [0.05, 0.1) is 13.7 Å². The number of nitrogens with two attached hydrogens (primary N) is 1. The van der Waals surface area contributed by atoms with Crippen LogP contribution in [0.4, 0.5) is 11.6 Å². The topological polar surface area (TPSA) is 114 Å². The molecule has 5 N–H and O–H groups in total. The van der Waals surface area contributed by atoms with Crippen molar-refractivity contribution >= 4 is 17.5 Å². The highest BCUT2D eigenvalue weighted by atomic mass is 16.5. The molecule has 0 aliphatic heterocycles. The number of hydrazine groups is 1. The van der Waals surface area contributed by atoms with Crippen molar-refractivity contribution in [1.82, 2.24) is 15.3 Å². The van der Waals surface area contributed by atoms with Crippen LogP contribution in [-0.2, 0) is 4.79 Å².